The molecule has 0 aromatic heterocycles. The van der Waals surface area contributed by atoms with E-state index in [1.807, 2.05) is 30.3 Å². The van der Waals surface area contributed by atoms with Crippen molar-refractivity contribution < 1.29 is 15.0 Å². The van der Waals surface area contributed by atoms with Crippen LogP contribution in [0.3, 0.4) is 0 Å². The lowest BCUT2D eigenvalue weighted by atomic mass is 9.50. The van der Waals surface area contributed by atoms with Crippen LogP contribution in [-0.2, 0) is 4.79 Å². The molecule has 0 aliphatic heterocycles. The summed E-state index contributed by atoms with van der Waals surface area (Å²) in [6.45, 7) is 14.6. The molecule has 8 atom stereocenters. The number of aliphatic hydroxyl groups excluding tert-OH is 1. The van der Waals surface area contributed by atoms with Crippen LogP contribution in [0.5, 0.6) is 0 Å². The zero-order chi connectivity index (χ0) is 29.1. The third-order valence-corrected chi connectivity index (χ3v) is 11.2. The molecule has 0 saturated heterocycles. The summed E-state index contributed by atoms with van der Waals surface area (Å²) in [6.07, 6.45) is 21.1. The largest absolute Gasteiger partial charge is 0.478 e. The Balaban J connectivity index is 0.000000283. The van der Waals surface area contributed by atoms with Crippen molar-refractivity contribution >= 4 is 12.0 Å². The molecule has 1 aromatic rings. The predicted octanol–water partition coefficient (Wildman–Crippen LogP) is 9.12. The van der Waals surface area contributed by atoms with E-state index in [0.29, 0.717) is 22.7 Å². The quantitative estimate of drug-likeness (QED) is 0.277. The minimum atomic E-state index is -0.922. The summed E-state index contributed by atoms with van der Waals surface area (Å²) in [7, 11) is 0. The minimum absolute atomic E-state index is 0.116. The van der Waals surface area contributed by atoms with Crippen LogP contribution in [0.4, 0.5) is 0 Å². The first-order valence-electron chi connectivity index (χ1n) is 15.7. The monoisotopic (exact) mass is 544 g/mol. The maximum absolute atomic E-state index is 10.2. The Kier molecular flexibility index (Phi) is 9.66. The Labute approximate surface area is 243 Å². The molecule has 4 aliphatic rings. The van der Waals surface area contributed by atoms with Gasteiger partial charge in [0.25, 0.3) is 0 Å². The number of fused-ring (bicyclic) bond motifs is 5. The van der Waals surface area contributed by atoms with Gasteiger partial charge in [0.15, 0.2) is 0 Å². The van der Waals surface area contributed by atoms with E-state index in [-0.39, 0.29) is 6.10 Å². The number of carboxylic acids is 1. The average molecular weight is 545 g/mol. The first kappa shape index (κ1) is 30.6. The third-order valence-electron chi connectivity index (χ3n) is 11.2. The van der Waals surface area contributed by atoms with E-state index in [1.165, 1.54) is 37.7 Å². The summed E-state index contributed by atoms with van der Waals surface area (Å²) in [4.78, 5) is 10.1. The van der Waals surface area contributed by atoms with Crippen molar-refractivity contribution in [3.05, 3.63) is 77.4 Å². The molecular formula is C37H52O3. The van der Waals surface area contributed by atoms with Gasteiger partial charge in [0.1, 0.15) is 0 Å². The van der Waals surface area contributed by atoms with E-state index >= 15 is 0 Å². The van der Waals surface area contributed by atoms with Gasteiger partial charge in [0.2, 0.25) is 0 Å². The Bertz CT molecular complexity index is 1140. The van der Waals surface area contributed by atoms with Crippen molar-refractivity contribution in [1.29, 1.82) is 0 Å². The molecule has 218 valence electrons. The van der Waals surface area contributed by atoms with Gasteiger partial charge in [-0.05, 0) is 103 Å². The molecule has 5 rings (SSSR count). The molecule has 40 heavy (non-hydrogen) atoms. The van der Waals surface area contributed by atoms with Gasteiger partial charge in [-0.15, -0.1) is 0 Å². The molecule has 0 heterocycles. The van der Waals surface area contributed by atoms with Crippen LogP contribution in [0.1, 0.15) is 92.1 Å². The van der Waals surface area contributed by atoms with Gasteiger partial charge in [0, 0.05) is 6.08 Å². The number of hydrogen-bond donors (Lipinski definition) is 2. The molecule has 3 saturated carbocycles. The van der Waals surface area contributed by atoms with E-state index < -0.39 is 5.97 Å². The Hall–Kier alpha value is -2.39. The summed E-state index contributed by atoms with van der Waals surface area (Å²) in [5.41, 5.74) is 4.97. The second kappa shape index (κ2) is 12.6. The highest BCUT2D eigenvalue weighted by Gasteiger charge is 2.56. The van der Waals surface area contributed by atoms with Crippen molar-refractivity contribution in [2.75, 3.05) is 0 Å². The van der Waals surface area contributed by atoms with Gasteiger partial charge in [-0.1, -0.05) is 107 Å². The van der Waals surface area contributed by atoms with E-state index in [2.05, 4.69) is 65.8 Å². The van der Waals surface area contributed by atoms with Crippen LogP contribution < -0.4 is 0 Å². The van der Waals surface area contributed by atoms with Crippen LogP contribution in [0.15, 0.2) is 71.9 Å². The molecule has 0 radical (unpaired) electrons. The predicted molar refractivity (Wildman–Crippen MR) is 167 cm³/mol. The van der Waals surface area contributed by atoms with Gasteiger partial charge in [-0.3, -0.25) is 0 Å². The second-order valence-electron chi connectivity index (χ2n) is 13.9. The molecule has 3 heteroatoms. The maximum atomic E-state index is 10.2. The maximum Gasteiger partial charge on any atom is 0.328 e. The molecule has 0 bridgehead atoms. The van der Waals surface area contributed by atoms with Crippen molar-refractivity contribution in [3.8, 4) is 0 Å². The zero-order valence-corrected chi connectivity index (χ0v) is 25.6. The van der Waals surface area contributed by atoms with Crippen LogP contribution in [0.25, 0.3) is 6.08 Å². The summed E-state index contributed by atoms with van der Waals surface area (Å²) >= 11 is 0. The highest BCUT2D eigenvalue weighted by atomic mass is 16.4. The number of carbonyl (C=O) groups is 1. The number of carboxylic acid groups (broad SMARTS) is 1. The summed E-state index contributed by atoms with van der Waals surface area (Å²) in [5.74, 6) is 3.46. The highest BCUT2D eigenvalue weighted by molar-refractivity contribution is 5.85. The number of aliphatic hydroxyl groups is 1. The van der Waals surface area contributed by atoms with Crippen LogP contribution in [0.2, 0.25) is 0 Å². The average Bonchev–Trinajstić information content (AvgIpc) is 3.29. The first-order valence-corrected chi connectivity index (χ1v) is 15.7. The molecular weight excluding hydrogens is 492 g/mol. The summed E-state index contributed by atoms with van der Waals surface area (Å²) in [6, 6.07) is 9.31. The van der Waals surface area contributed by atoms with E-state index in [4.69, 9.17) is 5.11 Å². The summed E-state index contributed by atoms with van der Waals surface area (Å²) < 4.78 is 0. The number of rotatable bonds is 6. The van der Waals surface area contributed by atoms with Gasteiger partial charge in [-0.2, -0.15) is 0 Å². The van der Waals surface area contributed by atoms with E-state index in [0.717, 1.165) is 48.2 Å². The SMILES string of the molecule is CC(C)[C@@H](C)C=C[C@@H](C)[C@H]1CC[C@H]2C3=CC=C4C[C@@H](O)CC[C@@]4(C)[C@@H]3CC[C@]12C.O=C(O)C=Cc1ccccc1. The van der Waals surface area contributed by atoms with Gasteiger partial charge < -0.3 is 10.2 Å². The first-order chi connectivity index (χ1) is 19.0. The van der Waals surface area contributed by atoms with Crippen molar-refractivity contribution in [2.45, 2.75) is 92.6 Å². The molecule has 3 fully saturated rings. The smallest absolute Gasteiger partial charge is 0.328 e. The number of aliphatic carboxylic acids is 1. The minimum Gasteiger partial charge on any atom is -0.478 e. The Morgan fingerprint density at radius 1 is 0.925 bits per heavy atom. The van der Waals surface area contributed by atoms with Gasteiger partial charge >= 0.3 is 5.97 Å². The Morgan fingerprint density at radius 2 is 1.65 bits per heavy atom. The van der Waals surface area contributed by atoms with Crippen LogP contribution >= 0.6 is 0 Å². The normalized spacial score (nSPS) is 34.7. The lowest BCUT2D eigenvalue weighted by Gasteiger charge is -2.55. The van der Waals surface area contributed by atoms with Crippen LogP contribution in [-0.4, -0.2) is 22.3 Å². The van der Waals surface area contributed by atoms with Crippen LogP contribution in [0, 0.1) is 46.3 Å². The van der Waals surface area contributed by atoms with Gasteiger partial charge in [-0.25, -0.2) is 4.79 Å². The third kappa shape index (κ3) is 6.40. The fourth-order valence-electron chi connectivity index (χ4n) is 8.33. The molecule has 0 amide bonds. The topological polar surface area (TPSA) is 57.5 Å². The fourth-order valence-corrected chi connectivity index (χ4v) is 8.33. The molecule has 2 N–H and O–H groups in total. The molecule has 0 spiro atoms. The molecule has 0 unspecified atom stereocenters. The van der Waals surface area contributed by atoms with Crippen molar-refractivity contribution in [2.24, 2.45) is 46.3 Å². The van der Waals surface area contributed by atoms with Crippen molar-refractivity contribution in [3.63, 3.8) is 0 Å². The van der Waals surface area contributed by atoms with E-state index in [1.54, 1.807) is 11.6 Å². The zero-order valence-electron chi connectivity index (χ0n) is 25.6. The molecule has 1 aromatic carbocycles. The summed E-state index contributed by atoms with van der Waals surface area (Å²) in [5, 5.41) is 18.5. The number of benzene rings is 1. The second-order valence-corrected chi connectivity index (χ2v) is 13.9. The lowest BCUT2D eigenvalue weighted by Crippen LogP contribution is -2.46. The van der Waals surface area contributed by atoms with Gasteiger partial charge in [0.05, 0.1) is 6.10 Å². The standard InChI is InChI=1S/C28H44O.C9H8O2/c1-18(2)19(3)7-8-20(4)24-11-12-25-23-10-9-21-17-22(29)13-15-27(21,5)26(23)14-16-28(24,25)6;10-9(11)7-6-8-4-2-1-3-5-8/h7-10,18-20,22,24-26,29H,11-17H2,1-6H3;1-7H,(H,10,11)/t19-,20+,22-,24+,25-,26+,27+,28+;/m0./s1. The van der Waals surface area contributed by atoms with E-state index in [9.17, 15) is 9.90 Å². The lowest BCUT2D eigenvalue weighted by molar-refractivity contribution is -0.131. The number of hydrogen-bond acceptors (Lipinski definition) is 2. The molecule has 3 nitrogen and oxygen atoms in total. The fraction of sp³-hybridized carbons (Fsp3) is 0.595. The van der Waals surface area contributed by atoms with Crippen molar-refractivity contribution in [1.82, 2.24) is 0 Å². The Morgan fingerprint density at radius 3 is 2.33 bits per heavy atom. The number of allylic oxidation sites excluding steroid dienone is 5. The highest BCUT2D eigenvalue weighted by Crippen LogP contribution is 2.66. The molecule has 4 aliphatic carbocycles.